The van der Waals surface area contributed by atoms with Crippen molar-refractivity contribution in [1.82, 2.24) is 4.90 Å². The third-order valence-electron chi connectivity index (χ3n) is 2.90. The van der Waals surface area contributed by atoms with Gasteiger partial charge in [-0.05, 0) is 25.2 Å². The normalized spacial score (nSPS) is 20.0. The minimum Gasteiger partial charge on any atom is -0.396 e. The van der Waals surface area contributed by atoms with Crippen LogP contribution >= 0.6 is 11.8 Å². The monoisotopic (exact) mass is 259 g/mol. The fourth-order valence-electron chi connectivity index (χ4n) is 2.01. The van der Waals surface area contributed by atoms with Gasteiger partial charge in [-0.3, -0.25) is 9.59 Å². The maximum atomic E-state index is 11.7. The molecule has 0 aromatic heterocycles. The van der Waals surface area contributed by atoms with E-state index in [9.17, 15) is 9.59 Å². The second-order valence-electron chi connectivity index (χ2n) is 4.50. The van der Waals surface area contributed by atoms with Crippen LogP contribution in [0.3, 0.4) is 0 Å². The molecule has 0 saturated carbocycles. The first-order valence-electron chi connectivity index (χ1n) is 6.15. The van der Waals surface area contributed by atoms with Gasteiger partial charge >= 0.3 is 0 Å². The maximum Gasteiger partial charge on any atom is 0.222 e. The van der Waals surface area contributed by atoms with Crippen LogP contribution in [0.4, 0.5) is 0 Å². The van der Waals surface area contributed by atoms with Crippen molar-refractivity contribution in [3.05, 3.63) is 0 Å². The van der Waals surface area contributed by atoms with E-state index in [0.717, 1.165) is 38.1 Å². The number of aliphatic hydroxyl groups excluding tert-OH is 1. The molecule has 0 aromatic rings. The van der Waals surface area contributed by atoms with Gasteiger partial charge in [0.1, 0.15) is 0 Å². The molecule has 1 N–H and O–H groups in total. The van der Waals surface area contributed by atoms with Crippen molar-refractivity contribution < 1.29 is 14.7 Å². The number of nitrogens with zero attached hydrogens (tertiary/aromatic N) is 1. The molecule has 98 valence electrons. The number of rotatable bonds is 7. The highest BCUT2D eigenvalue weighted by Crippen LogP contribution is 2.22. The molecule has 1 fully saturated rings. The number of aliphatic hydroxyl groups is 1. The fraction of sp³-hybridized carbons (Fsp3) is 0.833. The molecule has 1 atom stereocenters. The van der Waals surface area contributed by atoms with E-state index in [2.05, 4.69) is 0 Å². The lowest BCUT2D eigenvalue weighted by Crippen LogP contribution is -2.26. The van der Waals surface area contributed by atoms with E-state index in [1.807, 2.05) is 4.90 Å². The van der Waals surface area contributed by atoms with E-state index >= 15 is 0 Å². The standard InChI is InChI=1S/C12H21NO3S/c1-10(15)17-9-11-7-12(16)13(8-11)5-3-2-4-6-14/h11,14H,2-9H2,1H3. The number of likely N-dealkylation sites (tertiary alicyclic amines) is 1. The number of hydrogen-bond donors (Lipinski definition) is 1. The molecular weight excluding hydrogens is 238 g/mol. The quantitative estimate of drug-likeness (QED) is 0.700. The Bertz CT molecular complexity index is 270. The van der Waals surface area contributed by atoms with Crippen LogP contribution in [0.1, 0.15) is 32.6 Å². The summed E-state index contributed by atoms with van der Waals surface area (Å²) in [5.41, 5.74) is 0. The Morgan fingerprint density at radius 3 is 2.88 bits per heavy atom. The summed E-state index contributed by atoms with van der Waals surface area (Å²) in [7, 11) is 0. The number of hydrogen-bond acceptors (Lipinski definition) is 4. The molecule has 0 spiro atoms. The van der Waals surface area contributed by atoms with E-state index < -0.39 is 0 Å². The lowest BCUT2D eigenvalue weighted by Gasteiger charge is -2.16. The van der Waals surface area contributed by atoms with E-state index in [1.165, 1.54) is 11.8 Å². The summed E-state index contributed by atoms with van der Waals surface area (Å²) in [5, 5.41) is 8.78. The third kappa shape index (κ3) is 5.55. The van der Waals surface area contributed by atoms with Crippen LogP contribution in [0.5, 0.6) is 0 Å². The van der Waals surface area contributed by atoms with Crippen molar-refractivity contribution in [2.75, 3.05) is 25.4 Å². The Morgan fingerprint density at radius 2 is 2.24 bits per heavy atom. The van der Waals surface area contributed by atoms with Crippen LogP contribution in [-0.2, 0) is 9.59 Å². The molecule has 1 heterocycles. The predicted octanol–water partition coefficient (Wildman–Crippen LogP) is 1.28. The maximum absolute atomic E-state index is 11.7. The first-order chi connectivity index (χ1) is 8.13. The van der Waals surface area contributed by atoms with Crippen LogP contribution in [0.25, 0.3) is 0 Å². The van der Waals surface area contributed by atoms with Crippen LogP contribution < -0.4 is 0 Å². The zero-order valence-corrected chi connectivity index (χ0v) is 11.2. The number of carbonyl (C=O) groups excluding carboxylic acids is 2. The molecule has 0 aliphatic carbocycles. The van der Waals surface area contributed by atoms with Gasteiger partial charge in [-0.2, -0.15) is 0 Å². The van der Waals surface area contributed by atoms with Crippen molar-refractivity contribution in [1.29, 1.82) is 0 Å². The molecule has 0 bridgehead atoms. The van der Waals surface area contributed by atoms with Crippen molar-refractivity contribution in [2.24, 2.45) is 5.92 Å². The van der Waals surface area contributed by atoms with Crippen LogP contribution in [0.2, 0.25) is 0 Å². The summed E-state index contributed by atoms with van der Waals surface area (Å²) < 4.78 is 0. The molecule has 1 amide bonds. The summed E-state index contributed by atoms with van der Waals surface area (Å²) in [4.78, 5) is 24.4. The Balaban J connectivity index is 2.19. The Hall–Kier alpha value is -0.550. The van der Waals surface area contributed by atoms with Gasteiger partial charge in [0, 0.05) is 38.8 Å². The topological polar surface area (TPSA) is 57.6 Å². The van der Waals surface area contributed by atoms with Crippen LogP contribution in [-0.4, -0.2) is 46.5 Å². The van der Waals surface area contributed by atoms with Crippen molar-refractivity contribution in [3.8, 4) is 0 Å². The van der Waals surface area contributed by atoms with Crippen molar-refractivity contribution >= 4 is 22.8 Å². The fourth-order valence-corrected chi connectivity index (χ4v) is 2.70. The van der Waals surface area contributed by atoms with E-state index in [0.29, 0.717) is 12.3 Å². The zero-order valence-electron chi connectivity index (χ0n) is 10.4. The second kappa shape index (κ2) is 7.71. The molecule has 17 heavy (non-hydrogen) atoms. The third-order valence-corrected chi connectivity index (χ3v) is 3.95. The molecular formula is C12H21NO3S. The van der Waals surface area contributed by atoms with Gasteiger partial charge < -0.3 is 10.0 Å². The number of thioether (sulfide) groups is 1. The number of amides is 1. The highest BCUT2D eigenvalue weighted by Gasteiger charge is 2.28. The van der Waals surface area contributed by atoms with Gasteiger partial charge in [-0.1, -0.05) is 11.8 Å². The molecule has 0 radical (unpaired) electrons. The zero-order chi connectivity index (χ0) is 12.7. The van der Waals surface area contributed by atoms with E-state index in [-0.39, 0.29) is 17.6 Å². The van der Waals surface area contributed by atoms with Gasteiger partial charge in [0.15, 0.2) is 5.12 Å². The van der Waals surface area contributed by atoms with Gasteiger partial charge in [0.05, 0.1) is 0 Å². The largest absolute Gasteiger partial charge is 0.396 e. The van der Waals surface area contributed by atoms with Gasteiger partial charge in [0.25, 0.3) is 0 Å². The molecule has 1 unspecified atom stereocenters. The number of unbranched alkanes of at least 4 members (excludes halogenated alkanes) is 2. The minimum absolute atomic E-state index is 0.124. The summed E-state index contributed by atoms with van der Waals surface area (Å²) in [6, 6.07) is 0. The molecule has 1 aliphatic heterocycles. The Morgan fingerprint density at radius 1 is 1.47 bits per heavy atom. The SMILES string of the molecule is CC(=O)SCC1CC(=O)N(CCCCCO)C1. The van der Waals surface area contributed by atoms with Crippen molar-refractivity contribution in [3.63, 3.8) is 0 Å². The highest BCUT2D eigenvalue weighted by molar-refractivity contribution is 8.13. The van der Waals surface area contributed by atoms with Gasteiger partial charge in [0.2, 0.25) is 5.91 Å². The highest BCUT2D eigenvalue weighted by atomic mass is 32.2. The minimum atomic E-state index is 0.124. The Labute approximate surface area is 107 Å². The van der Waals surface area contributed by atoms with Crippen molar-refractivity contribution in [2.45, 2.75) is 32.6 Å². The average Bonchev–Trinajstić information content (AvgIpc) is 2.63. The van der Waals surface area contributed by atoms with E-state index in [4.69, 9.17) is 5.11 Å². The summed E-state index contributed by atoms with van der Waals surface area (Å²) in [5.74, 6) is 1.30. The molecule has 5 heteroatoms. The molecule has 0 aromatic carbocycles. The first-order valence-corrected chi connectivity index (χ1v) is 7.14. The molecule has 1 aliphatic rings. The second-order valence-corrected chi connectivity index (χ2v) is 5.69. The lowest BCUT2D eigenvalue weighted by atomic mass is 10.1. The predicted molar refractivity (Wildman–Crippen MR) is 68.8 cm³/mol. The van der Waals surface area contributed by atoms with Gasteiger partial charge in [-0.15, -0.1) is 0 Å². The van der Waals surface area contributed by atoms with E-state index in [1.54, 1.807) is 6.92 Å². The van der Waals surface area contributed by atoms with Gasteiger partial charge in [-0.25, -0.2) is 0 Å². The molecule has 1 saturated heterocycles. The smallest absolute Gasteiger partial charge is 0.222 e. The van der Waals surface area contributed by atoms with Crippen LogP contribution in [0, 0.1) is 5.92 Å². The molecule has 1 rings (SSSR count). The summed E-state index contributed by atoms with van der Waals surface area (Å²) >= 11 is 1.31. The summed E-state index contributed by atoms with van der Waals surface area (Å²) in [6.45, 7) is 3.37. The number of carbonyl (C=O) groups is 2. The lowest BCUT2D eigenvalue weighted by molar-refractivity contribution is -0.127. The first kappa shape index (κ1) is 14.5. The molecule has 4 nitrogen and oxygen atoms in total. The average molecular weight is 259 g/mol. The van der Waals surface area contributed by atoms with Crippen LogP contribution in [0.15, 0.2) is 0 Å². The summed E-state index contributed by atoms with van der Waals surface area (Å²) in [6.07, 6.45) is 3.32. The Kier molecular flexibility index (Phi) is 6.58.